The van der Waals surface area contributed by atoms with E-state index in [-0.39, 0.29) is 23.3 Å². The van der Waals surface area contributed by atoms with Gasteiger partial charge in [-0.25, -0.2) is 0 Å². The summed E-state index contributed by atoms with van der Waals surface area (Å²) in [6, 6.07) is 12.2. The van der Waals surface area contributed by atoms with Crippen LogP contribution in [-0.2, 0) is 11.3 Å². The monoisotopic (exact) mass is 397 g/mol. The number of carbonyl (C=O) groups excluding carboxylic acids is 2. The van der Waals surface area contributed by atoms with E-state index in [2.05, 4.69) is 10.3 Å². The zero-order valence-corrected chi connectivity index (χ0v) is 16.6. The maximum absolute atomic E-state index is 12.6. The van der Waals surface area contributed by atoms with Gasteiger partial charge in [0.15, 0.2) is 0 Å². The van der Waals surface area contributed by atoms with Crippen LogP contribution in [0.3, 0.4) is 0 Å². The first-order chi connectivity index (χ1) is 14.0. The van der Waals surface area contributed by atoms with Crippen molar-refractivity contribution in [1.29, 1.82) is 0 Å². The number of benzene rings is 1. The van der Waals surface area contributed by atoms with E-state index < -0.39 is 0 Å². The number of rotatable bonds is 7. The molecule has 2 N–H and O–H groups in total. The minimum Gasteiger partial charge on any atom is -0.497 e. The molecule has 154 valence electrons. The number of ether oxygens (including phenoxy) is 1. The molecule has 7 nitrogen and oxygen atoms in total. The molecule has 1 aliphatic rings. The van der Waals surface area contributed by atoms with Crippen LogP contribution < -0.4 is 15.6 Å². The lowest BCUT2D eigenvalue weighted by molar-refractivity contribution is -0.121. The lowest BCUT2D eigenvalue weighted by Crippen LogP contribution is -2.41. The first kappa shape index (κ1) is 20.6. The van der Waals surface area contributed by atoms with Crippen molar-refractivity contribution in [1.82, 2.24) is 15.2 Å². The van der Waals surface area contributed by atoms with Crippen LogP contribution in [0.5, 0.6) is 5.75 Å². The normalized spacial score (nSPS) is 16.3. The highest BCUT2D eigenvalue weighted by molar-refractivity contribution is 5.92. The van der Waals surface area contributed by atoms with E-state index in [1.54, 1.807) is 24.1 Å². The summed E-state index contributed by atoms with van der Waals surface area (Å²) in [6.07, 6.45) is 3.06. The summed E-state index contributed by atoms with van der Waals surface area (Å²) in [6.45, 7) is 1.75. The number of likely N-dealkylation sites (tertiary alicyclic amines) is 1. The molecule has 1 unspecified atom stereocenters. The topological polar surface area (TPSA) is 91.5 Å². The highest BCUT2D eigenvalue weighted by atomic mass is 16.5. The number of H-pyrrole nitrogens is 1. The first-order valence-corrected chi connectivity index (χ1v) is 9.93. The van der Waals surface area contributed by atoms with Crippen molar-refractivity contribution in [2.45, 2.75) is 32.2 Å². The second kappa shape index (κ2) is 9.91. The third kappa shape index (κ3) is 5.94. The van der Waals surface area contributed by atoms with Crippen LogP contribution >= 0.6 is 0 Å². The van der Waals surface area contributed by atoms with Crippen LogP contribution in [0, 0.1) is 5.92 Å². The maximum Gasteiger partial charge on any atom is 0.270 e. The Morgan fingerprint density at radius 2 is 2.07 bits per heavy atom. The summed E-state index contributed by atoms with van der Waals surface area (Å²) >= 11 is 0. The standard InChI is InChI=1S/C22H27N3O4/c1-29-18-7-2-5-17(13-18)14-23-20(26)11-10-16-6-4-12-25(15-16)22(28)19-8-3-9-21(27)24-19/h2-3,5,7-9,13,16H,4,6,10-12,14-15H2,1H3,(H,23,26)(H,24,27). The minimum absolute atomic E-state index is 0.00339. The van der Waals surface area contributed by atoms with Gasteiger partial charge >= 0.3 is 0 Å². The number of piperidine rings is 1. The van der Waals surface area contributed by atoms with Crippen molar-refractivity contribution in [3.8, 4) is 5.75 Å². The predicted molar refractivity (Wildman–Crippen MR) is 110 cm³/mol. The van der Waals surface area contributed by atoms with Gasteiger partial charge < -0.3 is 19.9 Å². The van der Waals surface area contributed by atoms with E-state index >= 15 is 0 Å². The lowest BCUT2D eigenvalue weighted by atomic mass is 9.93. The smallest absolute Gasteiger partial charge is 0.270 e. The molecule has 3 rings (SSSR count). The number of amides is 2. The molecule has 7 heteroatoms. The van der Waals surface area contributed by atoms with Crippen LogP contribution in [0.15, 0.2) is 47.3 Å². The number of methoxy groups -OCH3 is 1. The molecular formula is C22H27N3O4. The molecule has 1 aromatic heterocycles. The van der Waals surface area contributed by atoms with E-state index in [0.717, 1.165) is 30.6 Å². The van der Waals surface area contributed by atoms with E-state index in [1.807, 2.05) is 24.3 Å². The highest BCUT2D eigenvalue weighted by Gasteiger charge is 2.25. The van der Waals surface area contributed by atoms with Crippen molar-refractivity contribution in [3.63, 3.8) is 0 Å². The number of hydrogen-bond acceptors (Lipinski definition) is 4. The van der Waals surface area contributed by atoms with Gasteiger partial charge in [-0.1, -0.05) is 18.2 Å². The van der Waals surface area contributed by atoms with Crippen LogP contribution in [0.4, 0.5) is 0 Å². The molecule has 0 saturated carbocycles. The molecule has 0 spiro atoms. The van der Waals surface area contributed by atoms with Gasteiger partial charge in [0.25, 0.3) is 5.91 Å². The SMILES string of the molecule is COc1cccc(CNC(=O)CCC2CCCN(C(=O)c3cccc(=O)[nH]3)C2)c1. The molecule has 1 aromatic carbocycles. The third-order valence-electron chi connectivity index (χ3n) is 5.21. The summed E-state index contributed by atoms with van der Waals surface area (Å²) in [5, 5.41) is 2.94. The Bertz CT molecular complexity index is 909. The van der Waals surface area contributed by atoms with Gasteiger partial charge in [0.1, 0.15) is 11.4 Å². The average molecular weight is 397 g/mol. The van der Waals surface area contributed by atoms with E-state index in [1.165, 1.54) is 6.07 Å². The fraction of sp³-hybridized carbons (Fsp3) is 0.409. The molecule has 1 fully saturated rings. The summed E-state index contributed by atoms with van der Waals surface area (Å²) in [4.78, 5) is 40.6. The molecular weight excluding hydrogens is 370 g/mol. The van der Waals surface area contributed by atoms with Crippen molar-refractivity contribution in [3.05, 3.63) is 64.1 Å². The Morgan fingerprint density at radius 1 is 1.24 bits per heavy atom. The Morgan fingerprint density at radius 3 is 2.86 bits per heavy atom. The maximum atomic E-state index is 12.6. The molecule has 29 heavy (non-hydrogen) atoms. The van der Waals surface area contributed by atoms with Crippen LogP contribution in [0.25, 0.3) is 0 Å². The zero-order chi connectivity index (χ0) is 20.6. The Kier molecular flexibility index (Phi) is 7.05. The molecule has 0 radical (unpaired) electrons. The van der Waals surface area contributed by atoms with E-state index in [4.69, 9.17) is 4.74 Å². The number of carbonyl (C=O) groups is 2. The number of aromatic amines is 1. The number of hydrogen-bond donors (Lipinski definition) is 2. The van der Waals surface area contributed by atoms with E-state index in [9.17, 15) is 14.4 Å². The van der Waals surface area contributed by atoms with Crippen LogP contribution in [0.2, 0.25) is 0 Å². The van der Waals surface area contributed by atoms with Crippen molar-refractivity contribution < 1.29 is 14.3 Å². The Labute approximate surface area is 170 Å². The number of aromatic nitrogens is 1. The zero-order valence-electron chi connectivity index (χ0n) is 16.6. The van der Waals surface area contributed by atoms with Crippen molar-refractivity contribution >= 4 is 11.8 Å². The molecule has 2 heterocycles. The number of pyridine rings is 1. The second-order valence-corrected chi connectivity index (χ2v) is 7.36. The molecule has 2 amide bonds. The summed E-state index contributed by atoms with van der Waals surface area (Å²) in [7, 11) is 1.62. The van der Waals surface area contributed by atoms with Gasteiger partial charge in [0.05, 0.1) is 7.11 Å². The Balaban J connectivity index is 1.45. The summed E-state index contributed by atoms with van der Waals surface area (Å²) < 4.78 is 5.19. The van der Waals surface area contributed by atoms with Gasteiger partial charge in [-0.15, -0.1) is 0 Å². The quantitative estimate of drug-likeness (QED) is 0.750. The van der Waals surface area contributed by atoms with Gasteiger partial charge in [0.2, 0.25) is 11.5 Å². The molecule has 1 saturated heterocycles. The molecule has 2 aromatic rings. The average Bonchev–Trinajstić information content (AvgIpc) is 2.76. The summed E-state index contributed by atoms with van der Waals surface area (Å²) in [5.41, 5.74) is 1.02. The number of nitrogens with zero attached hydrogens (tertiary/aromatic N) is 1. The van der Waals surface area contributed by atoms with E-state index in [0.29, 0.717) is 31.7 Å². The van der Waals surface area contributed by atoms with Gasteiger partial charge in [-0.2, -0.15) is 0 Å². The molecule has 1 atom stereocenters. The van der Waals surface area contributed by atoms with Crippen molar-refractivity contribution in [2.75, 3.05) is 20.2 Å². The number of nitrogens with one attached hydrogen (secondary N) is 2. The fourth-order valence-electron chi connectivity index (χ4n) is 3.63. The van der Waals surface area contributed by atoms with Gasteiger partial charge in [-0.3, -0.25) is 14.4 Å². The fourth-order valence-corrected chi connectivity index (χ4v) is 3.63. The highest BCUT2D eigenvalue weighted by Crippen LogP contribution is 2.22. The van der Waals surface area contributed by atoms with Crippen LogP contribution in [0.1, 0.15) is 41.7 Å². The Hall–Kier alpha value is -3.09. The molecule has 0 aliphatic carbocycles. The minimum atomic E-state index is -0.280. The predicted octanol–water partition coefficient (Wildman–Crippen LogP) is 2.33. The third-order valence-corrected chi connectivity index (χ3v) is 5.21. The van der Waals surface area contributed by atoms with Crippen LogP contribution in [-0.4, -0.2) is 41.9 Å². The largest absolute Gasteiger partial charge is 0.497 e. The van der Waals surface area contributed by atoms with Gasteiger partial charge in [0, 0.05) is 32.1 Å². The first-order valence-electron chi connectivity index (χ1n) is 9.93. The van der Waals surface area contributed by atoms with Crippen molar-refractivity contribution in [2.24, 2.45) is 5.92 Å². The van der Waals surface area contributed by atoms with Gasteiger partial charge in [-0.05, 0) is 48.9 Å². The molecule has 0 bridgehead atoms. The lowest BCUT2D eigenvalue weighted by Gasteiger charge is -2.32. The molecule has 1 aliphatic heterocycles. The summed E-state index contributed by atoms with van der Waals surface area (Å²) in [5.74, 6) is 0.896. The second-order valence-electron chi connectivity index (χ2n) is 7.36.